The highest BCUT2D eigenvalue weighted by atomic mass is 32.2. The third-order valence-electron chi connectivity index (χ3n) is 6.77. The summed E-state index contributed by atoms with van der Waals surface area (Å²) in [7, 11) is -3.80. The number of sulfonamides is 1. The topological polar surface area (TPSA) is 79.8 Å². The number of amides is 1. The maximum absolute atomic E-state index is 13.2. The summed E-state index contributed by atoms with van der Waals surface area (Å²) in [5.74, 6) is -0.713. The zero-order chi connectivity index (χ0) is 25.6. The van der Waals surface area contributed by atoms with Crippen LogP contribution < -0.4 is 0 Å². The summed E-state index contributed by atoms with van der Waals surface area (Å²) in [5, 5.41) is 1.01. The first-order valence-corrected chi connectivity index (χ1v) is 12.9. The Bertz CT molecular complexity index is 1390. The number of aromatic nitrogens is 1. The van der Waals surface area contributed by atoms with Crippen molar-refractivity contribution in [3.8, 4) is 11.1 Å². The number of pyridine rings is 1. The lowest BCUT2D eigenvalue weighted by Gasteiger charge is -2.46. The number of morpholine rings is 1. The molecule has 0 aliphatic carbocycles. The molecule has 1 spiro atoms. The molecule has 2 saturated heterocycles. The van der Waals surface area contributed by atoms with Crippen molar-refractivity contribution in [2.75, 3.05) is 32.8 Å². The van der Waals surface area contributed by atoms with E-state index < -0.39 is 40.9 Å². The van der Waals surface area contributed by atoms with Crippen LogP contribution in [0.2, 0.25) is 0 Å². The molecule has 0 saturated carbocycles. The third-order valence-corrected chi connectivity index (χ3v) is 8.68. The van der Waals surface area contributed by atoms with Crippen LogP contribution in [0.3, 0.4) is 0 Å². The second-order valence-corrected chi connectivity index (χ2v) is 11.1. The van der Waals surface area contributed by atoms with Gasteiger partial charge in [-0.25, -0.2) is 8.42 Å². The van der Waals surface area contributed by atoms with Crippen molar-refractivity contribution in [2.45, 2.75) is 29.5 Å². The van der Waals surface area contributed by atoms with Gasteiger partial charge < -0.3 is 9.64 Å². The Labute approximate surface area is 206 Å². The van der Waals surface area contributed by atoms with Crippen molar-refractivity contribution in [2.24, 2.45) is 0 Å². The van der Waals surface area contributed by atoms with Crippen molar-refractivity contribution < 1.29 is 31.1 Å². The van der Waals surface area contributed by atoms with Crippen molar-refractivity contribution in [3.63, 3.8) is 0 Å². The lowest BCUT2D eigenvalue weighted by molar-refractivity contribution is -0.193. The predicted molar refractivity (Wildman–Crippen MR) is 126 cm³/mol. The number of hydrogen-bond donors (Lipinski definition) is 0. The van der Waals surface area contributed by atoms with Gasteiger partial charge in [-0.15, -0.1) is 0 Å². The number of nitrogens with zero attached hydrogens (tertiary/aromatic N) is 3. The van der Waals surface area contributed by atoms with Crippen LogP contribution in [0.1, 0.15) is 12.8 Å². The second kappa shape index (κ2) is 9.13. The number of carbonyl (C=O) groups excluding carboxylic acids is 1. The second-order valence-electron chi connectivity index (χ2n) is 9.18. The molecule has 1 amide bonds. The summed E-state index contributed by atoms with van der Waals surface area (Å²) in [5.41, 5.74) is 1.63. The Hall–Kier alpha value is -3.02. The number of hydrogen-bond acceptors (Lipinski definition) is 5. The van der Waals surface area contributed by atoms with Gasteiger partial charge in [-0.05, 0) is 48.2 Å². The summed E-state index contributed by atoms with van der Waals surface area (Å²) in [6.45, 7) is -1.79. The first-order chi connectivity index (χ1) is 17.0. The number of piperidine rings is 1. The molecule has 2 aliphatic heterocycles. The molecule has 5 rings (SSSR count). The van der Waals surface area contributed by atoms with E-state index in [0.717, 1.165) is 26.9 Å². The molecular formula is C25H24F3N3O4S. The highest BCUT2D eigenvalue weighted by Crippen LogP contribution is 2.34. The van der Waals surface area contributed by atoms with Gasteiger partial charge in [-0.1, -0.05) is 30.3 Å². The minimum Gasteiger partial charge on any atom is -0.363 e. The quantitative estimate of drug-likeness (QED) is 0.523. The number of rotatable bonds is 4. The van der Waals surface area contributed by atoms with Gasteiger partial charge in [0.1, 0.15) is 13.2 Å². The highest BCUT2D eigenvalue weighted by molar-refractivity contribution is 7.89. The molecule has 0 radical (unpaired) electrons. The number of fused-ring (bicyclic) bond motifs is 1. The number of alkyl halides is 3. The van der Waals surface area contributed by atoms with Gasteiger partial charge in [-0.2, -0.15) is 17.5 Å². The van der Waals surface area contributed by atoms with Crippen LogP contribution >= 0.6 is 0 Å². The van der Waals surface area contributed by atoms with Crippen molar-refractivity contribution >= 4 is 26.8 Å². The summed E-state index contributed by atoms with van der Waals surface area (Å²) in [6, 6.07) is 16.3. The third kappa shape index (κ3) is 4.95. The molecule has 7 nitrogen and oxygen atoms in total. The summed E-state index contributed by atoms with van der Waals surface area (Å²) in [6.07, 6.45) is -2.38. The molecule has 2 aromatic carbocycles. The molecule has 36 heavy (non-hydrogen) atoms. The molecular weight excluding hydrogens is 495 g/mol. The summed E-state index contributed by atoms with van der Waals surface area (Å²) < 4.78 is 72.0. The number of benzene rings is 2. The summed E-state index contributed by atoms with van der Waals surface area (Å²) >= 11 is 0. The van der Waals surface area contributed by atoms with Crippen LogP contribution in [0, 0.1) is 0 Å². The van der Waals surface area contributed by atoms with E-state index in [9.17, 15) is 26.4 Å². The molecule has 0 atom stereocenters. The van der Waals surface area contributed by atoms with E-state index in [1.54, 1.807) is 30.5 Å². The van der Waals surface area contributed by atoms with E-state index >= 15 is 0 Å². The number of halogens is 3. The van der Waals surface area contributed by atoms with Gasteiger partial charge in [0.05, 0.1) is 22.6 Å². The molecule has 2 fully saturated rings. The lowest BCUT2D eigenvalue weighted by Crippen LogP contribution is -2.60. The molecule has 3 aromatic rings. The molecule has 3 heterocycles. The smallest absolute Gasteiger partial charge is 0.363 e. The fourth-order valence-corrected chi connectivity index (χ4v) is 6.24. The van der Waals surface area contributed by atoms with Gasteiger partial charge in [-0.3, -0.25) is 9.78 Å². The Balaban J connectivity index is 1.28. The van der Waals surface area contributed by atoms with Gasteiger partial charge in [0.15, 0.2) is 0 Å². The Kier molecular flexibility index (Phi) is 6.26. The maximum atomic E-state index is 13.2. The first-order valence-electron chi connectivity index (χ1n) is 11.5. The number of ether oxygens (including phenoxy) is 1. The lowest BCUT2D eigenvalue weighted by atomic mass is 9.90. The average molecular weight is 520 g/mol. The van der Waals surface area contributed by atoms with Crippen LogP contribution in [-0.4, -0.2) is 73.1 Å². The Morgan fingerprint density at radius 1 is 1.00 bits per heavy atom. The van der Waals surface area contributed by atoms with Crippen molar-refractivity contribution in [3.05, 3.63) is 60.8 Å². The molecule has 11 heteroatoms. The van der Waals surface area contributed by atoms with E-state index in [1.165, 1.54) is 4.31 Å². The first kappa shape index (κ1) is 24.7. The van der Waals surface area contributed by atoms with Crippen LogP contribution in [0.5, 0.6) is 0 Å². The molecule has 190 valence electrons. The summed E-state index contributed by atoms with van der Waals surface area (Å²) in [4.78, 5) is 17.1. The van der Waals surface area contributed by atoms with Crippen LogP contribution in [0.4, 0.5) is 13.2 Å². The highest BCUT2D eigenvalue weighted by Gasteiger charge is 2.46. The average Bonchev–Trinajstić information content (AvgIpc) is 2.86. The minimum atomic E-state index is -4.51. The zero-order valence-electron chi connectivity index (χ0n) is 19.2. The normalized spacial score (nSPS) is 19.2. The van der Waals surface area contributed by atoms with Crippen LogP contribution in [0.15, 0.2) is 65.7 Å². The molecule has 0 N–H and O–H groups in total. The standard InChI is InChI=1S/C25H24F3N3O4S/c26-25(27,28)17-30-16-24(35-15-23(30)32)9-12-31(13-10-24)36(33,34)21-7-5-18(6-8-21)20-4-3-19-2-1-11-29-22(19)14-20/h1-8,11,14H,9-10,12-13,15-17H2. The fraction of sp³-hybridized carbons (Fsp3) is 0.360. The SMILES string of the molecule is O=C1COC2(CCN(S(=O)(=O)c3ccc(-c4ccc5cccnc5c4)cc3)CC2)CN1CC(F)(F)F. The van der Waals surface area contributed by atoms with Crippen LogP contribution in [-0.2, 0) is 19.6 Å². The molecule has 1 aromatic heterocycles. The van der Waals surface area contributed by atoms with Crippen molar-refractivity contribution in [1.29, 1.82) is 0 Å². The van der Waals surface area contributed by atoms with Crippen molar-refractivity contribution in [1.82, 2.24) is 14.2 Å². The predicted octanol–water partition coefficient (Wildman–Crippen LogP) is 3.85. The molecule has 0 unspecified atom stereocenters. The van der Waals surface area contributed by atoms with Crippen LogP contribution in [0.25, 0.3) is 22.0 Å². The van der Waals surface area contributed by atoms with E-state index in [1.807, 2.05) is 30.3 Å². The van der Waals surface area contributed by atoms with E-state index in [-0.39, 0.29) is 37.4 Å². The van der Waals surface area contributed by atoms with Gasteiger partial charge in [0.2, 0.25) is 15.9 Å². The van der Waals surface area contributed by atoms with Gasteiger partial charge >= 0.3 is 6.18 Å². The van der Waals surface area contributed by atoms with E-state index in [2.05, 4.69) is 4.98 Å². The van der Waals surface area contributed by atoms with E-state index in [0.29, 0.717) is 0 Å². The maximum Gasteiger partial charge on any atom is 0.406 e. The zero-order valence-corrected chi connectivity index (χ0v) is 20.1. The molecule has 2 aliphatic rings. The van der Waals surface area contributed by atoms with Gasteiger partial charge in [0.25, 0.3) is 0 Å². The monoisotopic (exact) mass is 519 g/mol. The van der Waals surface area contributed by atoms with Gasteiger partial charge in [0, 0.05) is 24.7 Å². The van der Waals surface area contributed by atoms with E-state index in [4.69, 9.17) is 4.74 Å². The molecule has 0 bridgehead atoms. The Morgan fingerprint density at radius 2 is 1.69 bits per heavy atom. The minimum absolute atomic E-state index is 0.0917. The largest absolute Gasteiger partial charge is 0.406 e. The number of carbonyl (C=O) groups is 1. The fourth-order valence-electron chi connectivity index (χ4n) is 4.80. The Morgan fingerprint density at radius 3 is 2.39 bits per heavy atom.